The molecule has 1 aliphatic heterocycles. The zero-order valence-electron chi connectivity index (χ0n) is 16.9. The maximum Gasteiger partial charge on any atom is 0.100 e. The quantitative estimate of drug-likeness (QED) is 0.282. The highest BCUT2D eigenvalue weighted by Crippen LogP contribution is 2.21. The molecule has 1 unspecified atom stereocenters. The third kappa shape index (κ3) is 9.59. The second-order valence-electron chi connectivity index (χ2n) is 7.71. The van der Waals surface area contributed by atoms with E-state index in [2.05, 4.69) is 43.1 Å². The zero-order valence-corrected chi connectivity index (χ0v) is 16.9. The fourth-order valence-corrected chi connectivity index (χ4v) is 3.73. The summed E-state index contributed by atoms with van der Waals surface area (Å²) in [6.45, 7) is 5.80. The van der Waals surface area contributed by atoms with Gasteiger partial charge in [0, 0.05) is 26.0 Å². The van der Waals surface area contributed by atoms with Crippen LogP contribution in [0, 0.1) is 0 Å². The van der Waals surface area contributed by atoms with Crippen LogP contribution >= 0.6 is 0 Å². The molecule has 1 aliphatic rings. The lowest BCUT2D eigenvalue weighted by Crippen LogP contribution is -2.36. The Labute approximate surface area is 152 Å². The molecule has 24 heavy (non-hydrogen) atoms. The Morgan fingerprint density at radius 3 is 1.67 bits per heavy atom. The SMILES string of the molecule is CCCCCCCCCCCCCCC1N(C)C=CN1CCCC. The maximum atomic E-state index is 2.54. The third-order valence-corrected chi connectivity index (χ3v) is 5.43. The van der Waals surface area contributed by atoms with Crippen LogP contribution in [0.25, 0.3) is 0 Å². The summed E-state index contributed by atoms with van der Waals surface area (Å²) in [5.74, 6) is 0. The first-order valence-corrected chi connectivity index (χ1v) is 11.0. The molecule has 0 radical (unpaired) electrons. The van der Waals surface area contributed by atoms with Crippen molar-refractivity contribution in [1.29, 1.82) is 0 Å². The summed E-state index contributed by atoms with van der Waals surface area (Å²) in [6, 6.07) is 0. The summed E-state index contributed by atoms with van der Waals surface area (Å²) in [6.07, 6.45) is 26.4. The highest BCUT2D eigenvalue weighted by atomic mass is 15.4. The zero-order chi connectivity index (χ0) is 17.5. The average Bonchev–Trinajstić information content (AvgIpc) is 2.94. The Kier molecular flexibility index (Phi) is 13.1. The van der Waals surface area contributed by atoms with Crippen molar-refractivity contribution in [3.63, 3.8) is 0 Å². The van der Waals surface area contributed by atoms with Gasteiger partial charge in [0.25, 0.3) is 0 Å². The molecular weight excluding hydrogens is 292 g/mol. The van der Waals surface area contributed by atoms with Gasteiger partial charge in [-0.1, -0.05) is 90.9 Å². The second-order valence-corrected chi connectivity index (χ2v) is 7.71. The first-order valence-electron chi connectivity index (χ1n) is 11.0. The summed E-state index contributed by atoms with van der Waals surface area (Å²) in [7, 11) is 2.23. The summed E-state index contributed by atoms with van der Waals surface area (Å²) < 4.78 is 0. The van der Waals surface area contributed by atoms with Crippen LogP contribution in [0.3, 0.4) is 0 Å². The van der Waals surface area contributed by atoms with E-state index in [1.807, 2.05) is 0 Å². The number of unbranched alkanes of at least 4 members (excludes halogenated alkanes) is 12. The van der Waals surface area contributed by atoms with Gasteiger partial charge in [-0.05, 0) is 19.3 Å². The van der Waals surface area contributed by atoms with Gasteiger partial charge in [0.2, 0.25) is 0 Å². The van der Waals surface area contributed by atoms with Gasteiger partial charge in [0.1, 0.15) is 6.17 Å². The van der Waals surface area contributed by atoms with Gasteiger partial charge in [-0.25, -0.2) is 0 Å². The first kappa shape index (κ1) is 21.4. The topological polar surface area (TPSA) is 6.48 Å². The standard InChI is InChI=1S/C22H44N2/c1-4-6-8-9-10-11-12-13-14-15-16-17-18-22-23(3)20-21-24(22)19-7-5-2/h20-22H,4-19H2,1-3H3. The number of hydrogen-bond donors (Lipinski definition) is 0. The van der Waals surface area contributed by atoms with Crippen molar-refractivity contribution >= 4 is 0 Å². The van der Waals surface area contributed by atoms with E-state index in [-0.39, 0.29) is 0 Å². The van der Waals surface area contributed by atoms with E-state index in [1.165, 1.54) is 103 Å². The van der Waals surface area contributed by atoms with Crippen LogP contribution in [0.4, 0.5) is 0 Å². The van der Waals surface area contributed by atoms with Crippen LogP contribution in [0.15, 0.2) is 12.4 Å². The fraction of sp³-hybridized carbons (Fsp3) is 0.909. The molecule has 0 aromatic carbocycles. The molecule has 0 aromatic heterocycles. The molecule has 0 spiro atoms. The normalized spacial score (nSPS) is 17.2. The van der Waals surface area contributed by atoms with Crippen LogP contribution < -0.4 is 0 Å². The van der Waals surface area contributed by atoms with Gasteiger partial charge in [-0.15, -0.1) is 0 Å². The minimum Gasteiger partial charge on any atom is -0.359 e. The predicted molar refractivity (Wildman–Crippen MR) is 108 cm³/mol. The monoisotopic (exact) mass is 336 g/mol. The molecule has 142 valence electrons. The number of nitrogens with zero attached hydrogens (tertiary/aromatic N) is 2. The fourth-order valence-electron chi connectivity index (χ4n) is 3.73. The van der Waals surface area contributed by atoms with Crippen molar-refractivity contribution in [2.75, 3.05) is 13.6 Å². The Hall–Kier alpha value is -0.660. The van der Waals surface area contributed by atoms with Crippen molar-refractivity contribution in [3.8, 4) is 0 Å². The predicted octanol–water partition coefficient (Wildman–Crippen LogP) is 6.92. The average molecular weight is 337 g/mol. The van der Waals surface area contributed by atoms with E-state index < -0.39 is 0 Å². The molecule has 0 aromatic rings. The van der Waals surface area contributed by atoms with Crippen molar-refractivity contribution in [2.24, 2.45) is 0 Å². The van der Waals surface area contributed by atoms with Crippen LogP contribution in [0.1, 0.15) is 110 Å². The summed E-state index contributed by atoms with van der Waals surface area (Å²) >= 11 is 0. The van der Waals surface area contributed by atoms with Crippen molar-refractivity contribution in [3.05, 3.63) is 12.4 Å². The maximum absolute atomic E-state index is 2.54. The van der Waals surface area contributed by atoms with Crippen LogP contribution in [0.5, 0.6) is 0 Å². The van der Waals surface area contributed by atoms with E-state index >= 15 is 0 Å². The van der Waals surface area contributed by atoms with Gasteiger partial charge >= 0.3 is 0 Å². The van der Waals surface area contributed by atoms with Crippen LogP contribution in [-0.4, -0.2) is 29.6 Å². The van der Waals surface area contributed by atoms with E-state index in [0.717, 1.165) is 0 Å². The Morgan fingerprint density at radius 2 is 1.12 bits per heavy atom. The lowest BCUT2D eigenvalue weighted by atomic mass is 10.0. The number of hydrogen-bond acceptors (Lipinski definition) is 2. The highest BCUT2D eigenvalue weighted by molar-refractivity contribution is 4.95. The molecule has 1 atom stereocenters. The first-order chi connectivity index (χ1) is 11.8. The van der Waals surface area contributed by atoms with Crippen molar-refractivity contribution in [1.82, 2.24) is 9.80 Å². The largest absolute Gasteiger partial charge is 0.359 e. The van der Waals surface area contributed by atoms with Gasteiger partial charge in [-0.2, -0.15) is 0 Å². The lowest BCUT2D eigenvalue weighted by Gasteiger charge is -2.30. The van der Waals surface area contributed by atoms with Crippen molar-refractivity contribution in [2.45, 2.75) is 116 Å². The molecule has 0 bridgehead atoms. The Morgan fingerprint density at radius 1 is 0.625 bits per heavy atom. The van der Waals surface area contributed by atoms with Gasteiger partial charge in [-0.3, -0.25) is 0 Å². The van der Waals surface area contributed by atoms with E-state index in [1.54, 1.807) is 0 Å². The Bertz CT molecular complexity index is 300. The molecule has 0 saturated heterocycles. The second kappa shape index (κ2) is 14.7. The van der Waals surface area contributed by atoms with E-state index in [9.17, 15) is 0 Å². The van der Waals surface area contributed by atoms with Gasteiger partial charge in [0.05, 0.1) is 0 Å². The molecule has 0 saturated carbocycles. The minimum atomic E-state index is 0.625. The molecule has 1 heterocycles. The smallest absolute Gasteiger partial charge is 0.100 e. The minimum absolute atomic E-state index is 0.625. The molecular formula is C22H44N2. The summed E-state index contributed by atoms with van der Waals surface area (Å²) in [5, 5.41) is 0. The molecule has 1 rings (SSSR count). The Balaban J connectivity index is 1.91. The van der Waals surface area contributed by atoms with E-state index in [0.29, 0.717) is 6.17 Å². The van der Waals surface area contributed by atoms with Gasteiger partial charge < -0.3 is 9.80 Å². The van der Waals surface area contributed by atoms with Crippen LogP contribution in [-0.2, 0) is 0 Å². The molecule has 0 N–H and O–H groups in total. The third-order valence-electron chi connectivity index (χ3n) is 5.43. The van der Waals surface area contributed by atoms with Crippen LogP contribution in [0.2, 0.25) is 0 Å². The summed E-state index contributed by atoms with van der Waals surface area (Å²) in [4.78, 5) is 4.94. The molecule has 2 nitrogen and oxygen atoms in total. The highest BCUT2D eigenvalue weighted by Gasteiger charge is 2.21. The summed E-state index contributed by atoms with van der Waals surface area (Å²) in [5.41, 5.74) is 0. The van der Waals surface area contributed by atoms with Gasteiger partial charge in [0.15, 0.2) is 0 Å². The molecule has 0 aliphatic carbocycles. The van der Waals surface area contributed by atoms with Crippen molar-refractivity contribution < 1.29 is 0 Å². The number of rotatable bonds is 16. The van der Waals surface area contributed by atoms with E-state index in [4.69, 9.17) is 0 Å². The lowest BCUT2D eigenvalue weighted by molar-refractivity contribution is 0.160. The molecule has 2 heteroatoms. The molecule has 0 fully saturated rings. The molecule has 0 amide bonds.